The average molecular weight is 237 g/mol. The number of rotatable bonds is 2. The van der Waals surface area contributed by atoms with Crippen LogP contribution in [0.25, 0.3) is 0 Å². The minimum Gasteiger partial charge on any atom is -0.245 e. The smallest absolute Gasteiger partial charge is 0.124 e. The largest absolute Gasteiger partial charge is 0.245 e. The minimum atomic E-state index is 0.611. The molecule has 0 unspecified atom stereocenters. The molecule has 0 aliphatic heterocycles. The highest BCUT2D eigenvalue weighted by Crippen LogP contribution is 2.32. The van der Waals surface area contributed by atoms with Gasteiger partial charge in [-0.15, -0.1) is 0 Å². The van der Waals surface area contributed by atoms with Crippen LogP contribution in [0.2, 0.25) is 0 Å². The van der Waals surface area contributed by atoms with Crippen molar-refractivity contribution in [1.29, 1.82) is 5.26 Å². The second-order valence-corrected chi connectivity index (χ2v) is 4.15. The summed E-state index contributed by atoms with van der Waals surface area (Å²) in [6.45, 7) is 0. The minimum absolute atomic E-state index is 0.611. The van der Waals surface area contributed by atoms with Crippen LogP contribution in [0.1, 0.15) is 24.1 Å². The van der Waals surface area contributed by atoms with Crippen LogP contribution < -0.4 is 0 Å². The van der Waals surface area contributed by atoms with Crippen LogP contribution in [0, 0.1) is 17.2 Å². The zero-order chi connectivity index (χ0) is 9.26. The predicted octanol–water partition coefficient (Wildman–Crippen LogP) is 2.67. The Morgan fingerprint density at radius 3 is 2.85 bits per heavy atom. The second-order valence-electron chi connectivity index (χ2n) is 3.40. The van der Waals surface area contributed by atoms with Gasteiger partial charge in [-0.3, -0.25) is 0 Å². The van der Waals surface area contributed by atoms with Crippen molar-refractivity contribution in [2.24, 2.45) is 5.92 Å². The van der Waals surface area contributed by atoms with E-state index in [0.29, 0.717) is 10.2 Å². The first-order valence-electron chi connectivity index (χ1n) is 4.35. The van der Waals surface area contributed by atoms with Crippen molar-refractivity contribution in [3.05, 3.63) is 28.0 Å². The zero-order valence-corrected chi connectivity index (χ0v) is 8.71. The van der Waals surface area contributed by atoms with Crippen molar-refractivity contribution in [3.63, 3.8) is 0 Å². The third-order valence-electron chi connectivity index (χ3n) is 2.22. The van der Waals surface area contributed by atoms with E-state index in [-0.39, 0.29) is 0 Å². The number of hydrogen-bond donors (Lipinski definition) is 0. The molecule has 1 aliphatic rings. The summed E-state index contributed by atoms with van der Waals surface area (Å²) in [6, 6.07) is 5.86. The standard InChI is InChI=1S/C10H9BrN2/c11-10-8(6-12)3-4-9(13-10)5-7-1-2-7/h3-4,7H,1-2,5H2. The monoisotopic (exact) mass is 236 g/mol. The van der Waals surface area contributed by atoms with Crippen molar-refractivity contribution in [1.82, 2.24) is 4.98 Å². The molecule has 2 rings (SSSR count). The zero-order valence-electron chi connectivity index (χ0n) is 7.13. The molecule has 13 heavy (non-hydrogen) atoms. The summed E-state index contributed by atoms with van der Waals surface area (Å²) in [5.41, 5.74) is 1.70. The number of halogens is 1. The van der Waals surface area contributed by atoms with Gasteiger partial charge in [-0.25, -0.2) is 4.98 Å². The maximum absolute atomic E-state index is 8.68. The van der Waals surface area contributed by atoms with E-state index in [1.807, 2.05) is 12.1 Å². The maximum Gasteiger partial charge on any atom is 0.124 e. The first-order valence-corrected chi connectivity index (χ1v) is 5.14. The lowest BCUT2D eigenvalue weighted by atomic mass is 10.2. The Labute approximate surface area is 85.7 Å². The number of aromatic nitrogens is 1. The molecule has 2 nitrogen and oxygen atoms in total. The van der Waals surface area contributed by atoms with Gasteiger partial charge in [0.25, 0.3) is 0 Å². The van der Waals surface area contributed by atoms with Gasteiger partial charge in [0.05, 0.1) is 5.56 Å². The molecule has 3 heteroatoms. The van der Waals surface area contributed by atoms with Crippen LogP contribution in [0.3, 0.4) is 0 Å². The highest BCUT2D eigenvalue weighted by Gasteiger charge is 2.22. The summed E-state index contributed by atoms with van der Waals surface area (Å²) in [4.78, 5) is 4.32. The third kappa shape index (κ3) is 2.07. The number of nitriles is 1. The van der Waals surface area contributed by atoms with Gasteiger partial charge in [-0.05, 0) is 53.2 Å². The quantitative estimate of drug-likeness (QED) is 0.741. The Morgan fingerprint density at radius 2 is 2.31 bits per heavy atom. The van der Waals surface area contributed by atoms with Crippen LogP contribution in [0.15, 0.2) is 16.7 Å². The Hall–Kier alpha value is -0.880. The van der Waals surface area contributed by atoms with Crippen LogP contribution in [-0.4, -0.2) is 4.98 Å². The molecule has 0 bridgehead atoms. The number of nitrogens with zero attached hydrogens (tertiary/aromatic N) is 2. The van der Waals surface area contributed by atoms with Crippen molar-refractivity contribution >= 4 is 15.9 Å². The highest BCUT2D eigenvalue weighted by atomic mass is 79.9. The first kappa shape index (κ1) is 8.71. The van der Waals surface area contributed by atoms with Gasteiger partial charge >= 0.3 is 0 Å². The van der Waals surface area contributed by atoms with Crippen molar-refractivity contribution in [3.8, 4) is 6.07 Å². The Balaban J connectivity index is 2.19. The lowest BCUT2D eigenvalue weighted by Gasteiger charge is -1.99. The molecule has 1 fully saturated rings. The fourth-order valence-corrected chi connectivity index (χ4v) is 1.74. The third-order valence-corrected chi connectivity index (χ3v) is 2.83. The summed E-state index contributed by atoms with van der Waals surface area (Å²) in [6.07, 6.45) is 3.73. The molecular formula is C10H9BrN2. The second kappa shape index (κ2) is 3.47. The van der Waals surface area contributed by atoms with Gasteiger partial charge in [0.15, 0.2) is 0 Å². The van der Waals surface area contributed by atoms with Crippen LogP contribution in [-0.2, 0) is 6.42 Å². The van der Waals surface area contributed by atoms with Gasteiger partial charge in [0.1, 0.15) is 10.7 Å². The fraction of sp³-hybridized carbons (Fsp3) is 0.400. The molecule has 1 aromatic heterocycles. The lowest BCUT2D eigenvalue weighted by Crippen LogP contribution is -1.93. The van der Waals surface area contributed by atoms with Crippen LogP contribution in [0.5, 0.6) is 0 Å². The first-order chi connectivity index (χ1) is 6.29. The van der Waals surface area contributed by atoms with Gasteiger partial charge < -0.3 is 0 Å². The summed E-state index contributed by atoms with van der Waals surface area (Å²) in [5, 5.41) is 8.68. The van der Waals surface area contributed by atoms with E-state index in [1.54, 1.807) is 0 Å². The van der Waals surface area contributed by atoms with Crippen LogP contribution >= 0.6 is 15.9 Å². The van der Waals surface area contributed by atoms with E-state index in [2.05, 4.69) is 27.0 Å². The molecule has 0 radical (unpaired) electrons. The molecule has 1 aliphatic carbocycles. The van der Waals surface area contributed by atoms with Crippen LogP contribution in [0.4, 0.5) is 0 Å². The van der Waals surface area contributed by atoms with E-state index < -0.39 is 0 Å². The van der Waals surface area contributed by atoms with E-state index in [9.17, 15) is 0 Å². The molecule has 0 spiro atoms. The molecule has 0 N–H and O–H groups in total. The van der Waals surface area contributed by atoms with Gasteiger partial charge in [-0.1, -0.05) is 0 Å². The molecule has 0 aromatic carbocycles. The SMILES string of the molecule is N#Cc1ccc(CC2CC2)nc1Br. The van der Waals surface area contributed by atoms with E-state index in [4.69, 9.17) is 5.26 Å². The molecule has 66 valence electrons. The van der Waals surface area contributed by atoms with Crippen molar-refractivity contribution in [2.75, 3.05) is 0 Å². The molecule has 1 saturated carbocycles. The molecule has 0 saturated heterocycles. The summed E-state index contributed by atoms with van der Waals surface area (Å²) in [7, 11) is 0. The summed E-state index contributed by atoms with van der Waals surface area (Å²) >= 11 is 3.28. The summed E-state index contributed by atoms with van der Waals surface area (Å²) < 4.78 is 0.674. The molecule has 0 atom stereocenters. The van der Waals surface area contributed by atoms with Gasteiger partial charge in [0.2, 0.25) is 0 Å². The molecule has 0 amide bonds. The van der Waals surface area contributed by atoms with E-state index in [1.165, 1.54) is 12.8 Å². The summed E-state index contributed by atoms with van der Waals surface area (Å²) in [5.74, 6) is 0.840. The highest BCUT2D eigenvalue weighted by molar-refractivity contribution is 9.10. The topological polar surface area (TPSA) is 36.7 Å². The number of hydrogen-bond acceptors (Lipinski definition) is 2. The molecule has 1 aromatic rings. The van der Waals surface area contributed by atoms with Crippen molar-refractivity contribution in [2.45, 2.75) is 19.3 Å². The average Bonchev–Trinajstić information content (AvgIpc) is 2.89. The van der Waals surface area contributed by atoms with Gasteiger partial charge in [-0.2, -0.15) is 5.26 Å². The molecular weight excluding hydrogens is 228 g/mol. The fourth-order valence-electron chi connectivity index (χ4n) is 1.29. The van der Waals surface area contributed by atoms with Gasteiger partial charge in [0, 0.05) is 5.69 Å². The normalized spacial score (nSPS) is 15.4. The Morgan fingerprint density at radius 1 is 1.54 bits per heavy atom. The lowest BCUT2D eigenvalue weighted by molar-refractivity contribution is 0.801. The van der Waals surface area contributed by atoms with E-state index >= 15 is 0 Å². The molecule has 1 heterocycles. The maximum atomic E-state index is 8.68. The number of pyridine rings is 1. The van der Waals surface area contributed by atoms with Crippen molar-refractivity contribution < 1.29 is 0 Å². The Kier molecular flexibility index (Phi) is 2.32. The Bertz CT molecular complexity index is 364. The van der Waals surface area contributed by atoms with E-state index in [0.717, 1.165) is 18.0 Å². The predicted molar refractivity (Wildman–Crippen MR) is 53.1 cm³/mol.